The van der Waals surface area contributed by atoms with Gasteiger partial charge in [-0.3, -0.25) is 14.5 Å². The number of nitrogens with zero attached hydrogens (tertiary/aromatic N) is 2. The smallest absolute Gasteiger partial charge is 0.280 e. The lowest BCUT2D eigenvalue weighted by Crippen LogP contribution is -2.53. The molecule has 1 fully saturated rings. The zero-order chi connectivity index (χ0) is 24.5. The number of carbonyl (C=O) groups excluding carboxylic acids is 2. The normalized spacial score (nSPS) is 20.7. The molecule has 0 bridgehead atoms. The first-order chi connectivity index (χ1) is 16.9. The van der Waals surface area contributed by atoms with E-state index in [1.165, 1.54) is 16.2 Å². The topological polar surface area (TPSA) is 90.1 Å². The molecule has 1 saturated carbocycles. The molecule has 0 radical (unpaired) electrons. The van der Waals surface area contributed by atoms with Crippen LogP contribution in [0.5, 0.6) is 0 Å². The molecule has 2 aliphatic rings. The molecule has 7 nitrogen and oxygen atoms in total. The number of thiazole rings is 1. The van der Waals surface area contributed by atoms with Crippen molar-refractivity contribution in [3.63, 3.8) is 0 Å². The number of H-pyrrole nitrogens is 1. The molecule has 0 spiro atoms. The highest BCUT2D eigenvalue weighted by molar-refractivity contribution is 7.13. The summed E-state index contributed by atoms with van der Waals surface area (Å²) >= 11 is 7.59. The maximum Gasteiger partial charge on any atom is 0.280 e. The molecule has 1 aliphatic heterocycles. The van der Waals surface area contributed by atoms with Crippen LogP contribution in [0.3, 0.4) is 0 Å². The van der Waals surface area contributed by atoms with E-state index in [0.717, 1.165) is 68.3 Å². The highest BCUT2D eigenvalue weighted by Gasteiger charge is 2.30. The average Bonchev–Trinajstić information content (AvgIpc) is 3.43. The number of rotatable bonds is 6. The third-order valence-electron chi connectivity index (χ3n) is 6.85. The van der Waals surface area contributed by atoms with E-state index >= 15 is 0 Å². The van der Waals surface area contributed by atoms with Gasteiger partial charge in [-0.2, -0.15) is 0 Å². The van der Waals surface area contributed by atoms with Gasteiger partial charge in [0.2, 0.25) is 0 Å². The van der Waals surface area contributed by atoms with Gasteiger partial charge in [-0.15, -0.1) is 11.3 Å². The molecule has 2 amide bonds. The van der Waals surface area contributed by atoms with Gasteiger partial charge >= 0.3 is 0 Å². The molecule has 3 N–H and O–H groups in total. The largest absolute Gasteiger partial charge is 0.351 e. The summed E-state index contributed by atoms with van der Waals surface area (Å²) in [6.07, 6.45) is 4.62. The van der Waals surface area contributed by atoms with E-state index < -0.39 is 0 Å². The lowest BCUT2D eigenvalue weighted by Gasteiger charge is -2.32. The molecule has 3 heterocycles. The monoisotopic (exact) mass is 513 g/mol. The third kappa shape index (κ3) is 5.55. The minimum Gasteiger partial charge on any atom is -0.351 e. The Kier molecular flexibility index (Phi) is 7.14. The van der Waals surface area contributed by atoms with Crippen molar-refractivity contribution >= 4 is 45.7 Å². The first-order valence-corrected chi connectivity index (χ1v) is 13.7. The Balaban J connectivity index is 1.24. The van der Waals surface area contributed by atoms with Gasteiger partial charge in [0.25, 0.3) is 11.8 Å². The standard InChI is InChI=1S/C26H32ClN5O2S/c1-15(2)13-32-10-9-21-23(14-32)35-26(31-21)25(34)30-20-6-4-3-5-19(20)29-24(33)22-12-16-11-17(27)7-8-18(16)28-22/h7-8,11-12,15,19-20,28H,3-6,9-10,13-14H2,1-2H3,(H,29,33)(H,30,34). The fraction of sp³-hybridized carbons (Fsp3) is 0.500. The SMILES string of the molecule is CC(C)CN1CCc2nc(C(=O)NC3CCCCC3NC(=O)c3cc4cc(Cl)ccc4[nH]3)sc2C1. The summed E-state index contributed by atoms with van der Waals surface area (Å²) in [4.78, 5) is 37.6. The number of benzene rings is 1. The summed E-state index contributed by atoms with van der Waals surface area (Å²) in [5.41, 5.74) is 2.43. The molecule has 2 unspecified atom stereocenters. The minimum atomic E-state index is -0.168. The summed E-state index contributed by atoms with van der Waals surface area (Å²) in [7, 11) is 0. The molecule has 2 aromatic heterocycles. The number of hydrogen-bond acceptors (Lipinski definition) is 5. The van der Waals surface area contributed by atoms with Crippen LogP contribution in [-0.4, -0.2) is 51.9 Å². The fourth-order valence-electron chi connectivity index (χ4n) is 5.20. The van der Waals surface area contributed by atoms with Gasteiger partial charge in [0.15, 0.2) is 5.01 Å². The van der Waals surface area contributed by atoms with E-state index in [9.17, 15) is 9.59 Å². The number of nitrogens with one attached hydrogen (secondary N) is 3. The van der Waals surface area contributed by atoms with Gasteiger partial charge in [-0.1, -0.05) is 38.3 Å². The summed E-state index contributed by atoms with van der Waals surface area (Å²) in [5, 5.41) is 8.40. The molecule has 1 aliphatic carbocycles. The molecule has 3 aromatic rings. The molecule has 35 heavy (non-hydrogen) atoms. The van der Waals surface area contributed by atoms with Gasteiger partial charge in [0.1, 0.15) is 5.69 Å². The maximum absolute atomic E-state index is 13.1. The van der Waals surface area contributed by atoms with Crippen molar-refractivity contribution in [2.45, 2.75) is 64.6 Å². The molecule has 2 atom stereocenters. The number of aromatic amines is 1. The summed E-state index contributed by atoms with van der Waals surface area (Å²) in [5.74, 6) is 0.317. The summed E-state index contributed by atoms with van der Waals surface area (Å²) < 4.78 is 0. The molecular formula is C26H32ClN5O2S. The number of hydrogen-bond donors (Lipinski definition) is 3. The second-order valence-corrected chi connectivity index (χ2v) is 11.6. The molecule has 1 aromatic carbocycles. The van der Waals surface area contributed by atoms with Crippen LogP contribution >= 0.6 is 22.9 Å². The van der Waals surface area contributed by atoms with Gasteiger partial charge in [-0.25, -0.2) is 4.98 Å². The van der Waals surface area contributed by atoms with Gasteiger partial charge in [0.05, 0.1) is 5.69 Å². The first-order valence-electron chi connectivity index (χ1n) is 12.5. The molecule has 9 heteroatoms. The van der Waals surface area contributed by atoms with Crippen LogP contribution in [0.4, 0.5) is 0 Å². The highest BCUT2D eigenvalue weighted by atomic mass is 35.5. The zero-order valence-corrected chi connectivity index (χ0v) is 21.8. The quantitative estimate of drug-likeness (QED) is 0.443. The second kappa shape index (κ2) is 10.3. The van der Waals surface area contributed by atoms with Crippen LogP contribution in [0.25, 0.3) is 10.9 Å². The Hall–Kier alpha value is -2.42. The average molecular weight is 514 g/mol. The van der Waals surface area contributed by atoms with Gasteiger partial charge in [-0.05, 0) is 43.0 Å². The molecule has 0 saturated heterocycles. The Bertz CT molecular complexity index is 1240. The van der Waals surface area contributed by atoms with Crippen LogP contribution in [0, 0.1) is 5.92 Å². The Morgan fingerprint density at radius 3 is 2.66 bits per heavy atom. The minimum absolute atomic E-state index is 0.114. The number of carbonyl (C=O) groups is 2. The Morgan fingerprint density at radius 1 is 1.17 bits per heavy atom. The van der Waals surface area contributed by atoms with E-state index in [0.29, 0.717) is 21.6 Å². The summed E-state index contributed by atoms with van der Waals surface area (Å²) in [6, 6.07) is 7.09. The van der Waals surface area contributed by atoms with Crippen molar-refractivity contribution in [3.8, 4) is 0 Å². The highest BCUT2D eigenvalue weighted by Crippen LogP contribution is 2.27. The third-order valence-corrected chi connectivity index (χ3v) is 8.17. The summed E-state index contributed by atoms with van der Waals surface area (Å²) in [6.45, 7) is 7.39. The molecule has 5 rings (SSSR count). The lowest BCUT2D eigenvalue weighted by molar-refractivity contribution is 0.0860. The van der Waals surface area contributed by atoms with Crippen LogP contribution < -0.4 is 10.6 Å². The second-order valence-electron chi connectivity index (χ2n) is 10.1. The van der Waals surface area contributed by atoms with Crippen LogP contribution in [0.15, 0.2) is 24.3 Å². The van der Waals surface area contributed by atoms with Crippen molar-refractivity contribution in [2.75, 3.05) is 13.1 Å². The van der Waals surface area contributed by atoms with E-state index in [4.69, 9.17) is 11.6 Å². The number of halogens is 1. The van der Waals surface area contributed by atoms with Crippen molar-refractivity contribution in [3.05, 3.63) is 50.6 Å². The predicted molar refractivity (Wildman–Crippen MR) is 140 cm³/mol. The zero-order valence-electron chi connectivity index (χ0n) is 20.2. The fourth-order valence-corrected chi connectivity index (χ4v) is 6.43. The molecular weight excluding hydrogens is 482 g/mol. The number of aromatic nitrogens is 2. The van der Waals surface area contributed by atoms with Crippen molar-refractivity contribution in [2.24, 2.45) is 5.92 Å². The number of fused-ring (bicyclic) bond motifs is 2. The van der Waals surface area contributed by atoms with Crippen LogP contribution in [-0.2, 0) is 13.0 Å². The van der Waals surface area contributed by atoms with E-state index in [2.05, 4.69) is 39.3 Å². The van der Waals surface area contributed by atoms with Crippen molar-refractivity contribution in [1.82, 2.24) is 25.5 Å². The van der Waals surface area contributed by atoms with E-state index in [1.807, 2.05) is 18.2 Å². The van der Waals surface area contributed by atoms with E-state index in [1.54, 1.807) is 6.07 Å². The maximum atomic E-state index is 13.1. The molecule has 186 valence electrons. The van der Waals surface area contributed by atoms with Crippen molar-refractivity contribution < 1.29 is 9.59 Å². The van der Waals surface area contributed by atoms with Gasteiger partial charge < -0.3 is 15.6 Å². The van der Waals surface area contributed by atoms with Crippen LogP contribution in [0.1, 0.15) is 70.4 Å². The Morgan fingerprint density at radius 2 is 1.91 bits per heavy atom. The Labute approximate surface area is 214 Å². The van der Waals surface area contributed by atoms with Crippen molar-refractivity contribution in [1.29, 1.82) is 0 Å². The van der Waals surface area contributed by atoms with Gasteiger partial charge in [0, 0.05) is 58.9 Å². The lowest BCUT2D eigenvalue weighted by atomic mass is 9.90. The number of amides is 2. The van der Waals surface area contributed by atoms with Crippen LogP contribution in [0.2, 0.25) is 5.02 Å². The predicted octanol–water partition coefficient (Wildman–Crippen LogP) is 4.76. The first kappa shape index (κ1) is 24.3. The van der Waals surface area contributed by atoms with E-state index in [-0.39, 0.29) is 23.9 Å².